The number of nitrogens with one attached hydrogen (secondary N) is 1. The summed E-state index contributed by atoms with van der Waals surface area (Å²) in [5.74, 6) is -0.556. The highest BCUT2D eigenvalue weighted by molar-refractivity contribution is 6.02. The lowest BCUT2D eigenvalue weighted by atomic mass is 10.1. The fourth-order valence-electron chi connectivity index (χ4n) is 4.37. The molecule has 37 heavy (non-hydrogen) atoms. The number of aromatic hydroxyl groups is 1. The third-order valence-electron chi connectivity index (χ3n) is 6.45. The highest BCUT2D eigenvalue weighted by atomic mass is 16.3. The Hall–Kier alpha value is -4.99. The molecule has 1 fully saturated rings. The van der Waals surface area contributed by atoms with Gasteiger partial charge in [-0.1, -0.05) is 37.4 Å². The van der Waals surface area contributed by atoms with Crippen molar-refractivity contribution in [2.75, 3.05) is 22.5 Å². The molecule has 0 radical (unpaired) electrons. The number of hydrogen-bond donors (Lipinski definition) is 3. The molecule has 2 amide bonds. The highest BCUT2D eigenvalue weighted by Crippen LogP contribution is 2.47. The van der Waals surface area contributed by atoms with Crippen LogP contribution in [0.2, 0.25) is 0 Å². The van der Waals surface area contributed by atoms with Crippen LogP contribution in [0.15, 0.2) is 80.2 Å². The molecule has 0 unspecified atom stereocenters. The number of carbonyl (C=O) groups is 2. The molecule has 2 aromatic carbocycles. The predicted molar refractivity (Wildman–Crippen MR) is 142 cm³/mol. The molecule has 4 aromatic rings. The molecule has 0 bridgehead atoms. The molecule has 1 aliphatic rings. The van der Waals surface area contributed by atoms with Crippen molar-refractivity contribution in [1.29, 1.82) is 0 Å². The van der Waals surface area contributed by atoms with Gasteiger partial charge in [-0.2, -0.15) is 5.10 Å². The van der Waals surface area contributed by atoms with E-state index in [4.69, 9.17) is 10.8 Å². The Morgan fingerprint density at radius 3 is 2.54 bits per heavy atom. The second kappa shape index (κ2) is 9.23. The molecule has 2 aromatic heterocycles. The lowest BCUT2D eigenvalue weighted by Crippen LogP contribution is -2.39. The summed E-state index contributed by atoms with van der Waals surface area (Å²) in [4.78, 5) is 34.8. The number of nitrogen functional groups attached to an aromatic ring is 1. The standard InChI is InChI=1S/C27H25N7O3/c1-3-21(36)31-19-11-10-17(14-20(19)35)24-23-25(28)29-16-30-26(23)34(32-24)27(12-13-27)15-33(22(37)4-2)18-8-6-5-7-9-18/h3-11,14,16,35H,1-2,12-13,15H2,(H,31,36)(H2,28,29,30). The Labute approximate surface area is 212 Å². The Morgan fingerprint density at radius 2 is 1.89 bits per heavy atom. The number of phenolic OH excluding ortho intramolecular Hbond substituents is 1. The van der Waals surface area contributed by atoms with E-state index >= 15 is 0 Å². The maximum Gasteiger partial charge on any atom is 0.250 e. The van der Waals surface area contributed by atoms with E-state index in [0.717, 1.165) is 24.6 Å². The average Bonchev–Trinajstić information content (AvgIpc) is 3.59. The van der Waals surface area contributed by atoms with Gasteiger partial charge in [0.15, 0.2) is 5.65 Å². The first-order chi connectivity index (χ1) is 17.9. The minimum atomic E-state index is -0.508. The number of fused-ring (bicyclic) bond motifs is 1. The van der Waals surface area contributed by atoms with Gasteiger partial charge in [0.05, 0.1) is 23.2 Å². The summed E-state index contributed by atoms with van der Waals surface area (Å²) in [6.45, 7) is 7.45. The number of amides is 2. The summed E-state index contributed by atoms with van der Waals surface area (Å²) in [5, 5.41) is 18.5. The van der Waals surface area contributed by atoms with E-state index in [1.165, 1.54) is 18.5 Å². The van der Waals surface area contributed by atoms with Gasteiger partial charge in [-0.25, -0.2) is 14.6 Å². The average molecular weight is 496 g/mol. The number of aromatic nitrogens is 4. The van der Waals surface area contributed by atoms with Crippen LogP contribution in [0.3, 0.4) is 0 Å². The van der Waals surface area contributed by atoms with Crippen molar-refractivity contribution < 1.29 is 14.7 Å². The second-order valence-corrected chi connectivity index (χ2v) is 8.83. The first-order valence-corrected chi connectivity index (χ1v) is 11.6. The molecule has 10 heteroatoms. The summed E-state index contributed by atoms with van der Waals surface area (Å²) in [7, 11) is 0. The van der Waals surface area contributed by atoms with Crippen LogP contribution in [-0.4, -0.2) is 43.2 Å². The van der Waals surface area contributed by atoms with Gasteiger partial charge in [0.2, 0.25) is 11.8 Å². The number of phenols is 1. The van der Waals surface area contributed by atoms with Crippen molar-refractivity contribution in [2.24, 2.45) is 0 Å². The van der Waals surface area contributed by atoms with Crippen LogP contribution in [-0.2, 0) is 15.1 Å². The van der Waals surface area contributed by atoms with Crippen molar-refractivity contribution in [1.82, 2.24) is 19.7 Å². The van der Waals surface area contributed by atoms with E-state index in [1.54, 1.807) is 17.0 Å². The molecular weight excluding hydrogens is 470 g/mol. The molecule has 0 atom stereocenters. The third kappa shape index (κ3) is 4.29. The number of para-hydroxylation sites is 1. The summed E-state index contributed by atoms with van der Waals surface area (Å²) in [6, 6.07) is 14.2. The van der Waals surface area contributed by atoms with Gasteiger partial charge < -0.3 is 21.1 Å². The number of nitrogens with two attached hydrogens (primary N) is 1. The number of carbonyl (C=O) groups excluding carboxylic acids is 2. The molecule has 186 valence electrons. The van der Waals surface area contributed by atoms with Gasteiger partial charge in [0.1, 0.15) is 23.6 Å². The maximum atomic E-state index is 12.8. The van der Waals surface area contributed by atoms with E-state index in [-0.39, 0.29) is 23.2 Å². The van der Waals surface area contributed by atoms with Crippen molar-refractivity contribution >= 4 is 40.0 Å². The topological polar surface area (TPSA) is 139 Å². The molecule has 0 saturated heterocycles. The smallest absolute Gasteiger partial charge is 0.250 e. The maximum absolute atomic E-state index is 12.8. The molecule has 0 aliphatic heterocycles. The first-order valence-electron chi connectivity index (χ1n) is 11.6. The fourth-order valence-corrected chi connectivity index (χ4v) is 4.37. The Kier molecular flexibility index (Phi) is 5.92. The molecule has 2 heterocycles. The van der Waals surface area contributed by atoms with Gasteiger partial charge in [0, 0.05) is 11.3 Å². The van der Waals surface area contributed by atoms with Crippen LogP contribution in [0.1, 0.15) is 12.8 Å². The first kappa shape index (κ1) is 23.7. The Morgan fingerprint density at radius 1 is 1.14 bits per heavy atom. The Balaban J connectivity index is 1.59. The lowest BCUT2D eigenvalue weighted by molar-refractivity contribution is -0.114. The largest absolute Gasteiger partial charge is 0.506 e. The van der Waals surface area contributed by atoms with Gasteiger partial charge in [-0.05, 0) is 49.3 Å². The van der Waals surface area contributed by atoms with Crippen LogP contribution in [0, 0.1) is 0 Å². The van der Waals surface area contributed by atoms with Gasteiger partial charge in [0.25, 0.3) is 0 Å². The lowest BCUT2D eigenvalue weighted by Gasteiger charge is -2.27. The van der Waals surface area contributed by atoms with E-state index in [0.29, 0.717) is 28.8 Å². The molecule has 10 nitrogen and oxygen atoms in total. The SMILES string of the molecule is C=CC(=O)Nc1ccc(-c2nn(C3(CN(C(=O)C=C)c4ccccc4)CC3)c3ncnc(N)c23)cc1O. The zero-order valence-corrected chi connectivity index (χ0v) is 20.0. The number of anilines is 3. The van der Waals surface area contributed by atoms with E-state index in [1.807, 2.05) is 35.0 Å². The van der Waals surface area contributed by atoms with Crippen LogP contribution in [0.4, 0.5) is 17.2 Å². The monoisotopic (exact) mass is 495 g/mol. The second-order valence-electron chi connectivity index (χ2n) is 8.83. The van der Waals surface area contributed by atoms with E-state index in [2.05, 4.69) is 28.4 Å². The predicted octanol–water partition coefficient (Wildman–Crippen LogP) is 3.61. The van der Waals surface area contributed by atoms with Crippen LogP contribution < -0.4 is 16.0 Å². The normalized spacial score (nSPS) is 13.6. The van der Waals surface area contributed by atoms with Gasteiger partial charge in [-0.3, -0.25) is 9.59 Å². The molecule has 5 rings (SSSR count). The number of nitrogens with zero attached hydrogens (tertiary/aromatic N) is 5. The minimum Gasteiger partial charge on any atom is -0.506 e. The summed E-state index contributed by atoms with van der Waals surface area (Å²) < 4.78 is 1.81. The van der Waals surface area contributed by atoms with Crippen LogP contribution >= 0.6 is 0 Å². The van der Waals surface area contributed by atoms with Crippen molar-refractivity contribution in [3.63, 3.8) is 0 Å². The van der Waals surface area contributed by atoms with E-state index < -0.39 is 11.4 Å². The van der Waals surface area contributed by atoms with Crippen LogP contribution in [0.5, 0.6) is 5.75 Å². The molecule has 0 spiro atoms. The Bertz CT molecular complexity index is 1540. The van der Waals surface area contributed by atoms with Gasteiger partial charge >= 0.3 is 0 Å². The minimum absolute atomic E-state index is 0.140. The quantitative estimate of drug-likeness (QED) is 0.251. The zero-order valence-electron chi connectivity index (χ0n) is 20.0. The molecular formula is C27H25N7O3. The fraction of sp³-hybridized carbons (Fsp3) is 0.148. The van der Waals surface area contributed by atoms with Crippen molar-refractivity contribution in [2.45, 2.75) is 18.4 Å². The third-order valence-corrected chi connectivity index (χ3v) is 6.45. The molecule has 1 saturated carbocycles. The molecule has 4 N–H and O–H groups in total. The summed E-state index contributed by atoms with van der Waals surface area (Å²) in [6.07, 6.45) is 5.35. The van der Waals surface area contributed by atoms with Crippen molar-refractivity contribution in [3.05, 3.63) is 80.2 Å². The number of benzene rings is 2. The zero-order chi connectivity index (χ0) is 26.2. The van der Waals surface area contributed by atoms with Crippen molar-refractivity contribution in [3.8, 4) is 17.0 Å². The number of rotatable bonds is 8. The van der Waals surface area contributed by atoms with Gasteiger partial charge in [-0.15, -0.1) is 0 Å². The molecule has 1 aliphatic carbocycles. The highest BCUT2D eigenvalue weighted by Gasteiger charge is 2.49. The summed E-state index contributed by atoms with van der Waals surface area (Å²) >= 11 is 0. The number of hydrogen-bond acceptors (Lipinski definition) is 7. The van der Waals surface area contributed by atoms with E-state index in [9.17, 15) is 14.7 Å². The summed E-state index contributed by atoms with van der Waals surface area (Å²) in [5.41, 5.74) is 8.34. The van der Waals surface area contributed by atoms with Crippen LogP contribution in [0.25, 0.3) is 22.3 Å².